The van der Waals surface area contributed by atoms with Crippen LogP contribution in [0.2, 0.25) is 0 Å². The van der Waals surface area contributed by atoms with E-state index in [1.807, 2.05) is 62.5 Å². The molecule has 0 saturated heterocycles. The first-order valence-corrected chi connectivity index (χ1v) is 10.5. The van der Waals surface area contributed by atoms with Crippen molar-refractivity contribution < 1.29 is 4.79 Å². The van der Waals surface area contributed by atoms with Crippen LogP contribution in [-0.4, -0.2) is 27.1 Å². The number of hydrogen-bond donors (Lipinski definition) is 2. The number of nitrogens with zero attached hydrogens (tertiary/aromatic N) is 3. The molecule has 1 amide bonds. The van der Waals surface area contributed by atoms with Crippen LogP contribution in [0.1, 0.15) is 32.9 Å². The molecule has 0 fully saturated rings. The van der Waals surface area contributed by atoms with E-state index < -0.39 is 0 Å². The predicted molar refractivity (Wildman–Crippen MR) is 121 cm³/mol. The van der Waals surface area contributed by atoms with Gasteiger partial charge in [0.2, 0.25) is 0 Å². The molecule has 0 bridgehead atoms. The van der Waals surface area contributed by atoms with Crippen molar-refractivity contribution in [1.29, 1.82) is 0 Å². The maximum atomic E-state index is 12.3. The Balaban J connectivity index is 1.34. The smallest absolute Gasteiger partial charge is 0.271 e. The Hall–Kier alpha value is -3.45. The van der Waals surface area contributed by atoms with E-state index in [2.05, 4.69) is 25.5 Å². The number of benzene rings is 2. The molecule has 2 N–H and O–H groups in total. The number of carbonyl (C=O) groups is 1. The van der Waals surface area contributed by atoms with Gasteiger partial charge in [-0.1, -0.05) is 42.1 Å². The quantitative estimate of drug-likeness (QED) is 0.208. The van der Waals surface area contributed by atoms with Crippen LogP contribution < -0.4 is 5.43 Å². The van der Waals surface area contributed by atoms with E-state index in [4.69, 9.17) is 0 Å². The molecule has 0 unspecified atom stereocenters. The molecule has 2 heterocycles. The Morgan fingerprint density at radius 2 is 1.83 bits per heavy atom. The van der Waals surface area contributed by atoms with Crippen molar-refractivity contribution in [2.45, 2.75) is 24.8 Å². The molecule has 6 nitrogen and oxygen atoms in total. The van der Waals surface area contributed by atoms with E-state index in [1.165, 1.54) is 0 Å². The monoisotopic (exact) mass is 415 g/mol. The molecule has 30 heavy (non-hydrogen) atoms. The van der Waals surface area contributed by atoms with Gasteiger partial charge in [0.1, 0.15) is 0 Å². The zero-order valence-electron chi connectivity index (χ0n) is 16.7. The molecule has 7 heteroatoms. The number of thioether (sulfide) groups is 1. The minimum Gasteiger partial charge on any atom is -0.361 e. The number of fused-ring (bicyclic) bond motifs is 1. The van der Waals surface area contributed by atoms with E-state index in [0.29, 0.717) is 5.56 Å². The maximum Gasteiger partial charge on any atom is 0.271 e. The first kappa shape index (κ1) is 19.8. The van der Waals surface area contributed by atoms with Crippen LogP contribution in [0.5, 0.6) is 0 Å². The van der Waals surface area contributed by atoms with E-state index in [1.54, 1.807) is 30.1 Å². The van der Waals surface area contributed by atoms with Crippen LogP contribution in [0.15, 0.2) is 71.1 Å². The predicted octanol–water partition coefficient (Wildman–Crippen LogP) is 4.63. The van der Waals surface area contributed by atoms with Crippen LogP contribution in [0.25, 0.3) is 10.9 Å². The summed E-state index contributed by atoms with van der Waals surface area (Å²) in [4.78, 5) is 24.4. The van der Waals surface area contributed by atoms with Crippen LogP contribution in [0.3, 0.4) is 0 Å². The van der Waals surface area contributed by atoms with E-state index >= 15 is 0 Å². The minimum absolute atomic E-state index is 0.247. The summed E-state index contributed by atoms with van der Waals surface area (Å²) in [5, 5.41) is 5.92. The van der Waals surface area contributed by atoms with Crippen molar-refractivity contribution in [2.75, 3.05) is 0 Å². The van der Waals surface area contributed by atoms with Crippen molar-refractivity contribution >= 4 is 34.8 Å². The fourth-order valence-corrected chi connectivity index (χ4v) is 3.99. The van der Waals surface area contributed by atoms with Gasteiger partial charge >= 0.3 is 0 Å². The SMILES string of the molecule is Cc1cc(C)nc(SCc2ccc(C(=O)N/N=C/c3c[nH]c4ccccc34)cc2)n1. The lowest BCUT2D eigenvalue weighted by Crippen LogP contribution is -2.17. The normalized spacial score (nSPS) is 11.3. The zero-order valence-corrected chi connectivity index (χ0v) is 17.5. The van der Waals surface area contributed by atoms with Gasteiger partial charge in [0, 0.05) is 45.4 Å². The molecular formula is C23H21N5OS. The Labute approximate surface area is 178 Å². The number of para-hydroxylation sites is 1. The lowest BCUT2D eigenvalue weighted by molar-refractivity contribution is 0.0955. The van der Waals surface area contributed by atoms with Gasteiger partial charge in [-0.3, -0.25) is 4.79 Å². The number of aryl methyl sites for hydroxylation is 2. The maximum absolute atomic E-state index is 12.3. The van der Waals surface area contributed by atoms with Crippen molar-refractivity contribution in [1.82, 2.24) is 20.4 Å². The number of hydrogen-bond acceptors (Lipinski definition) is 5. The molecule has 2 aromatic heterocycles. The van der Waals surface area contributed by atoms with Crippen LogP contribution in [0, 0.1) is 13.8 Å². The third-order valence-corrected chi connectivity index (χ3v) is 5.46. The van der Waals surface area contributed by atoms with Gasteiger partial charge in [0.15, 0.2) is 5.16 Å². The fourth-order valence-electron chi connectivity index (χ4n) is 3.08. The van der Waals surface area contributed by atoms with Gasteiger partial charge in [-0.25, -0.2) is 15.4 Å². The van der Waals surface area contributed by atoms with Gasteiger partial charge in [-0.2, -0.15) is 5.10 Å². The number of carbonyl (C=O) groups excluding carboxylic acids is 1. The molecule has 4 aromatic rings. The topological polar surface area (TPSA) is 83.0 Å². The van der Waals surface area contributed by atoms with Crippen molar-refractivity contribution in [3.63, 3.8) is 0 Å². The molecule has 0 aliphatic rings. The summed E-state index contributed by atoms with van der Waals surface area (Å²) in [5.74, 6) is 0.492. The average Bonchev–Trinajstić information content (AvgIpc) is 3.15. The molecular weight excluding hydrogens is 394 g/mol. The summed E-state index contributed by atoms with van der Waals surface area (Å²) in [6, 6.07) is 17.4. The number of aromatic nitrogens is 3. The molecule has 0 radical (unpaired) electrons. The third-order valence-electron chi connectivity index (χ3n) is 4.54. The Kier molecular flexibility index (Phi) is 5.90. The number of rotatable bonds is 6. The number of amides is 1. The lowest BCUT2D eigenvalue weighted by Gasteiger charge is -2.04. The van der Waals surface area contributed by atoms with Gasteiger partial charge in [-0.15, -0.1) is 0 Å². The van der Waals surface area contributed by atoms with E-state index in [0.717, 1.165) is 44.3 Å². The van der Waals surface area contributed by atoms with Crippen LogP contribution >= 0.6 is 11.8 Å². The van der Waals surface area contributed by atoms with E-state index in [-0.39, 0.29) is 5.91 Å². The summed E-state index contributed by atoms with van der Waals surface area (Å²) < 4.78 is 0. The van der Waals surface area contributed by atoms with Gasteiger partial charge in [-0.05, 0) is 43.7 Å². The molecule has 4 rings (SSSR count). The molecule has 0 spiro atoms. The first-order chi connectivity index (χ1) is 14.6. The van der Waals surface area contributed by atoms with Crippen LogP contribution in [0.4, 0.5) is 0 Å². The largest absolute Gasteiger partial charge is 0.361 e. The Bertz CT molecular complexity index is 1190. The Morgan fingerprint density at radius 1 is 1.10 bits per heavy atom. The molecule has 0 aliphatic carbocycles. The van der Waals surface area contributed by atoms with E-state index in [9.17, 15) is 4.79 Å². The second kappa shape index (κ2) is 8.92. The summed E-state index contributed by atoms with van der Waals surface area (Å²) in [6.45, 7) is 3.93. The van der Waals surface area contributed by atoms with Gasteiger partial charge in [0.05, 0.1) is 6.21 Å². The zero-order chi connectivity index (χ0) is 20.9. The number of hydrazone groups is 1. The fraction of sp³-hybridized carbons (Fsp3) is 0.130. The highest BCUT2D eigenvalue weighted by atomic mass is 32.2. The Morgan fingerprint density at radius 3 is 2.60 bits per heavy atom. The molecule has 150 valence electrons. The summed E-state index contributed by atoms with van der Waals surface area (Å²) in [6.07, 6.45) is 3.51. The summed E-state index contributed by atoms with van der Waals surface area (Å²) in [7, 11) is 0. The number of H-pyrrole nitrogens is 1. The van der Waals surface area contributed by atoms with Crippen molar-refractivity contribution in [2.24, 2.45) is 5.10 Å². The minimum atomic E-state index is -0.247. The molecule has 0 saturated carbocycles. The van der Waals surface area contributed by atoms with Crippen molar-refractivity contribution in [3.8, 4) is 0 Å². The first-order valence-electron chi connectivity index (χ1n) is 9.52. The van der Waals surface area contributed by atoms with Crippen molar-refractivity contribution in [3.05, 3.63) is 88.9 Å². The summed E-state index contributed by atoms with van der Waals surface area (Å²) in [5.41, 5.74) is 8.12. The number of nitrogens with one attached hydrogen (secondary N) is 2. The summed E-state index contributed by atoms with van der Waals surface area (Å²) >= 11 is 1.58. The highest BCUT2D eigenvalue weighted by Gasteiger charge is 2.06. The molecule has 2 aromatic carbocycles. The molecule has 0 aliphatic heterocycles. The second-order valence-corrected chi connectivity index (χ2v) is 7.85. The van der Waals surface area contributed by atoms with Gasteiger partial charge < -0.3 is 4.98 Å². The number of aromatic amines is 1. The third kappa shape index (κ3) is 4.75. The highest BCUT2D eigenvalue weighted by molar-refractivity contribution is 7.98. The highest BCUT2D eigenvalue weighted by Crippen LogP contribution is 2.20. The lowest BCUT2D eigenvalue weighted by atomic mass is 10.1. The second-order valence-electron chi connectivity index (χ2n) is 6.91. The van der Waals surface area contributed by atoms with Crippen LogP contribution in [-0.2, 0) is 5.75 Å². The van der Waals surface area contributed by atoms with Gasteiger partial charge in [0.25, 0.3) is 5.91 Å². The molecule has 0 atom stereocenters. The average molecular weight is 416 g/mol. The standard InChI is InChI=1S/C23H21N5OS/c1-15-11-16(2)27-23(26-15)30-14-17-7-9-18(10-8-17)22(29)28-25-13-19-12-24-21-6-4-3-5-20(19)21/h3-13,24H,14H2,1-2H3,(H,28,29)/b25-13+.